The van der Waals surface area contributed by atoms with E-state index in [9.17, 15) is 0 Å². The van der Waals surface area contributed by atoms with Crippen LogP contribution in [0.5, 0.6) is 11.5 Å². The second-order valence-electron chi connectivity index (χ2n) is 6.96. The van der Waals surface area contributed by atoms with Gasteiger partial charge in [0.1, 0.15) is 23.5 Å². The molecule has 1 saturated heterocycles. The number of hydrogen-bond donors (Lipinski definition) is 2. The van der Waals surface area contributed by atoms with E-state index in [2.05, 4.69) is 49.4 Å². The van der Waals surface area contributed by atoms with Crippen molar-refractivity contribution in [3.8, 4) is 11.5 Å². The smallest absolute Gasteiger partial charge is 0.159 e. The minimum Gasteiger partial charge on any atom is -0.497 e. The summed E-state index contributed by atoms with van der Waals surface area (Å²) >= 11 is 0. The molecule has 1 fully saturated rings. The first-order valence-electron chi connectivity index (χ1n) is 9.84. The molecule has 0 amide bonds. The van der Waals surface area contributed by atoms with Gasteiger partial charge in [0.25, 0.3) is 0 Å². The highest BCUT2D eigenvalue weighted by Crippen LogP contribution is 2.34. The topological polar surface area (TPSA) is 88.8 Å². The van der Waals surface area contributed by atoms with Crippen molar-refractivity contribution in [2.24, 2.45) is 0 Å². The van der Waals surface area contributed by atoms with Gasteiger partial charge in [0, 0.05) is 37.9 Å². The second kappa shape index (κ2) is 8.77. The molecule has 8 nitrogen and oxygen atoms in total. The van der Waals surface area contributed by atoms with E-state index in [-0.39, 0.29) is 0 Å². The van der Waals surface area contributed by atoms with Crippen LogP contribution in [0, 0.1) is 0 Å². The number of nitrogens with one attached hydrogen (secondary N) is 1. The van der Waals surface area contributed by atoms with Crippen LogP contribution in [0.3, 0.4) is 0 Å². The minimum absolute atomic E-state index is 0.517. The van der Waals surface area contributed by atoms with Crippen LogP contribution in [0.15, 0.2) is 54.9 Å². The maximum absolute atomic E-state index is 6.45. The molecule has 0 unspecified atom stereocenters. The quantitative estimate of drug-likeness (QED) is 0.645. The molecule has 1 aliphatic heterocycles. The third-order valence-electron chi connectivity index (χ3n) is 5.23. The average Bonchev–Trinajstić information content (AvgIpc) is 2.81. The summed E-state index contributed by atoms with van der Waals surface area (Å²) in [5.41, 5.74) is 8.96. The fourth-order valence-corrected chi connectivity index (χ4v) is 3.58. The molecule has 0 bridgehead atoms. The van der Waals surface area contributed by atoms with E-state index < -0.39 is 0 Å². The molecule has 0 saturated carbocycles. The number of aromatic nitrogens is 2. The first-order valence-corrected chi connectivity index (χ1v) is 9.84. The third-order valence-corrected chi connectivity index (χ3v) is 5.23. The summed E-state index contributed by atoms with van der Waals surface area (Å²) in [5, 5.41) is 3.26. The molecule has 2 aromatic carbocycles. The van der Waals surface area contributed by atoms with E-state index in [1.54, 1.807) is 14.2 Å². The molecule has 3 N–H and O–H groups in total. The van der Waals surface area contributed by atoms with Gasteiger partial charge in [-0.25, -0.2) is 9.97 Å². The first kappa shape index (κ1) is 19.6. The second-order valence-corrected chi connectivity index (χ2v) is 6.96. The molecule has 0 aliphatic carbocycles. The average molecular weight is 406 g/mol. The molecule has 30 heavy (non-hydrogen) atoms. The highest BCUT2D eigenvalue weighted by Gasteiger charge is 2.22. The standard InChI is InChI=1S/C22H26N6O2/c1-29-17-8-9-18(19(14-17)30-2)26-21-20(23)22(25-15-24-21)28-12-10-27(11-13-28)16-6-4-3-5-7-16/h3-9,14-15H,10-13,23H2,1-2H3,(H,24,25,26). The Balaban J connectivity index is 1.50. The molecule has 156 valence electrons. The van der Waals surface area contributed by atoms with Gasteiger partial charge in [-0.1, -0.05) is 18.2 Å². The van der Waals surface area contributed by atoms with Crippen LogP contribution < -0.4 is 30.3 Å². The van der Waals surface area contributed by atoms with Crippen LogP contribution in [0.2, 0.25) is 0 Å². The van der Waals surface area contributed by atoms with Crippen LogP contribution in [0.4, 0.5) is 28.7 Å². The van der Waals surface area contributed by atoms with Crippen molar-refractivity contribution in [2.45, 2.75) is 0 Å². The van der Waals surface area contributed by atoms with Crippen LogP contribution in [0.25, 0.3) is 0 Å². The summed E-state index contributed by atoms with van der Waals surface area (Å²) in [6.07, 6.45) is 1.54. The number of nitrogens with zero attached hydrogens (tertiary/aromatic N) is 4. The van der Waals surface area contributed by atoms with Crippen molar-refractivity contribution < 1.29 is 9.47 Å². The Morgan fingerprint density at radius 1 is 0.900 bits per heavy atom. The summed E-state index contributed by atoms with van der Waals surface area (Å²) in [5.74, 6) is 2.65. The Bertz CT molecular complexity index is 990. The Labute approximate surface area is 176 Å². The highest BCUT2D eigenvalue weighted by atomic mass is 16.5. The molecule has 1 aromatic heterocycles. The third kappa shape index (κ3) is 4.03. The van der Waals surface area contributed by atoms with E-state index in [0.29, 0.717) is 23.0 Å². The van der Waals surface area contributed by atoms with Crippen molar-refractivity contribution in [2.75, 3.05) is 61.2 Å². The zero-order valence-electron chi connectivity index (χ0n) is 17.2. The Hall–Kier alpha value is -3.68. The van der Waals surface area contributed by atoms with Gasteiger partial charge < -0.3 is 30.3 Å². The van der Waals surface area contributed by atoms with Gasteiger partial charge in [0.2, 0.25) is 0 Å². The monoisotopic (exact) mass is 406 g/mol. The van der Waals surface area contributed by atoms with E-state index in [4.69, 9.17) is 15.2 Å². The zero-order valence-corrected chi connectivity index (χ0v) is 17.2. The van der Waals surface area contributed by atoms with Crippen molar-refractivity contribution in [3.63, 3.8) is 0 Å². The van der Waals surface area contributed by atoms with Gasteiger partial charge >= 0.3 is 0 Å². The van der Waals surface area contributed by atoms with Gasteiger partial charge in [0.15, 0.2) is 11.6 Å². The Morgan fingerprint density at radius 2 is 1.63 bits per heavy atom. The summed E-state index contributed by atoms with van der Waals surface area (Å²) in [4.78, 5) is 13.4. The molecular formula is C22H26N6O2. The lowest BCUT2D eigenvalue weighted by Crippen LogP contribution is -2.47. The van der Waals surface area contributed by atoms with E-state index in [0.717, 1.165) is 37.7 Å². The largest absolute Gasteiger partial charge is 0.497 e. The molecule has 3 aromatic rings. The molecule has 1 aliphatic rings. The Morgan fingerprint density at radius 3 is 2.33 bits per heavy atom. The lowest BCUT2D eigenvalue weighted by molar-refractivity contribution is 0.395. The van der Waals surface area contributed by atoms with E-state index >= 15 is 0 Å². The number of para-hydroxylation sites is 1. The van der Waals surface area contributed by atoms with Crippen LogP contribution in [-0.4, -0.2) is 50.4 Å². The first-order chi connectivity index (χ1) is 14.7. The summed E-state index contributed by atoms with van der Waals surface area (Å²) < 4.78 is 10.7. The fraction of sp³-hybridized carbons (Fsp3) is 0.273. The SMILES string of the molecule is COc1ccc(Nc2ncnc(N3CCN(c4ccccc4)CC3)c2N)c(OC)c1. The van der Waals surface area contributed by atoms with Gasteiger partial charge in [-0.3, -0.25) is 0 Å². The van der Waals surface area contributed by atoms with Gasteiger partial charge in [-0.05, 0) is 24.3 Å². The summed E-state index contributed by atoms with van der Waals surface area (Å²) in [7, 11) is 3.23. The van der Waals surface area contributed by atoms with Crippen LogP contribution in [-0.2, 0) is 0 Å². The number of anilines is 5. The molecule has 0 spiro atoms. The minimum atomic E-state index is 0.517. The summed E-state index contributed by atoms with van der Waals surface area (Å²) in [6, 6.07) is 16.0. The van der Waals surface area contributed by atoms with E-state index in [1.807, 2.05) is 24.3 Å². The maximum atomic E-state index is 6.45. The number of nitrogens with two attached hydrogens (primary N) is 1. The highest BCUT2D eigenvalue weighted by molar-refractivity contribution is 5.80. The van der Waals surface area contributed by atoms with Crippen molar-refractivity contribution >= 4 is 28.7 Å². The molecule has 2 heterocycles. The lowest BCUT2D eigenvalue weighted by atomic mass is 10.2. The number of rotatable bonds is 6. The molecule has 0 radical (unpaired) electrons. The fourth-order valence-electron chi connectivity index (χ4n) is 3.58. The van der Waals surface area contributed by atoms with Gasteiger partial charge in [-0.2, -0.15) is 0 Å². The number of nitrogen functional groups attached to an aromatic ring is 1. The molecular weight excluding hydrogens is 380 g/mol. The van der Waals surface area contributed by atoms with Crippen LogP contribution in [0.1, 0.15) is 0 Å². The van der Waals surface area contributed by atoms with E-state index in [1.165, 1.54) is 12.0 Å². The zero-order chi connectivity index (χ0) is 20.9. The van der Waals surface area contributed by atoms with Gasteiger partial charge in [-0.15, -0.1) is 0 Å². The normalized spacial score (nSPS) is 13.8. The number of piperazine rings is 1. The molecule has 8 heteroatoms. The molecule has 4 rings (SSSR count). The predicted molar refractivity (Wildman–Crippen MR) is 120 cm³/mol. The number of hydrogen-bond acceptors (Lipinski definition) is 8. The van der Waals surface area contributed by atoms with Crippen molar-refractivity contribution in [1.82, 2.24) is 9.97 Å². The Kier molecular flexibility index (Phi) is 5.74. The van der Waals surface area contributed by atoms with Crippen molar-refractivity contribution in [1.29, 1.82) is 0 Å². The summed E-state index contributed by atoms with van der Waals surface area (Å²) in [6.45, 7) is 3.48. The maximum Gasteiger partial charge on any atom is 0.159 e. The predicted octanol–water partition coefficient (Wildman–Crippen LogP) is 3.15. The van der Waals surface area contributed by atoms with Gasteiger partial charge in [0.05, 0.1) is 19.9 Å². The lowest BCUT2D eigenvalue weighted by Gasteiger charge is -2.37. The molecule has 0 atom stereocenters. The number of methoxy groups -OCH3 is 2. The number of benzene rings is 2. The van der Waals surface area contributed by atoms with Crippen LogP contribution >= 0.6 is 0 Å². The number of ether oxygens (including phenoxy) is 2. The van der Waals surface area contributed by atoms with Crippen molar-refractivity contribution in [3.05, 3.63) is 54.9 Å².